The Morgan fingerprint density at radius 2 is 1.63 bits per heavy atom. The third-order valence-corrected chi connectivity index (χ3v) is 8.87. The molecule has 2 aromatic carbocycles. The number of nitrogens with zero attached hydrogens (tertiary/aromatic N) is 5. The van der Waals surface area contributed by atoms with E-state index in [0.717, 1.165) is 39.0 Å². The number of rotatable bonds is 9. The quantitative estimate of drug-likeness (QED) is 0.138. The first-order valence-corrected chi connectivity index (χ1v) is 16.5. The molecule has 3 N–H and O–H groups in total. The molecule has 16 heteroatoms. The molecular weight excluding hydrogens is 685 g/mol. The zero-order chi connectivity index (χ0) is 35.5. The molecule has 258 valence electrons. The smallest absolute Gasteiger partial charge is 0.434 e. The van der Waals surface area contributed by atoms with Crippen molar-refractivity contribution in [2.75, 3.05) is 18.5 Å². The summed E-state index contributed by atoms with van der Waals surface area (Å²) in [6.07, 6.45) is -0.912. The van der Waals surface area contributed by atoms with Crippen molar-refractivity contribution in [2.24, 2.45) is 0 Å². The second-order valence-electron chi connectivity index (χ2n) is 11.3. The third-order valence-electron chi connectivity index (χ3n) is 8.00. The second-order valence-corrected chi connectivity index (χ2v) is 12.1. The molecule has 0 fully saturated rings. The number of aromatic nitrogens is 5. The van der Waals surface area contributed by atoms with E-state index in [2.05, 4.69) is 53.2 Å². The number of carbonyl (C=O) groups excluding carboxylic acids is 2. The van der Waals surface area contributed by atoms with Crippen molar-refractivity contribution in [1.82, 2.24) is 35.8 Å². The van der Waals surface area contributed by atoms with Crippen LogP contribution in [0.2, 0.25) is 0 Å². The van der Waals surface area contributed by atoms with Crippen LogP contribution >= 0.6 is 11.3 Å². The van der Waals surface area contributed by atoms with Crippen LogP contribution in [0.3, 0.4) is 0 Å². The molecule has 0 saturated carbocycles. The number of alkyl carbamates (subject to hydrolysis) is 1. The molecule has 0 atom stereocenters. The topological polar surface area (TPSA) is 157 Å². The lowest BCUT2D eigenvalue weighted by atomic mass is 9.98. The fourth-order valence-corrected chi connectivity index (χ4v) is 6.58. The summed E-state index contributed by atoms with van der Waals surface area (Å²) in [7, 11) is 0. The highest BCUT2D eigenvalue weighted by Gasteiger charge is 2.34. The van der Waals surface area contributed by atoms with Gasteiger partial charge in [0, 0.05) is 53.1 Å². The molecule has 12 nitrogen and oxygen atoms in total. The van der Waals surface area contributed by atoms with Crippen LogP contribution in [0.25, 0.3) is 44.3 Å². The Morgan fingerprint density at radius 3 is 2.33 bits per heavy atom. The van der Waals surface area contributed by atoms with Crippen LogP contribution in [0.15, 0.2) is 89.1 Å². The van der Waals surface area contributed by atoms with Crippen LogP contribution in [-0.2, 0) is 17.5 Å². The van der Waals surface area contributed by atoms with Gasteiger partial charge in [-0.3, -0.25) is 10.3 Å². The van der Waals surface area contributed by atoms with E-state index >= 15 is 0 Å². The van der Waals surface area contributed by atoms with Crippen molar-refractivity contribution in [3.63, 3.8) is 0 Å². The number of thiazole rings is 1. The highest BCUT2D eigenvalue weighted by Crippen LogP contribution is 2.44. The lowest BCUT2D eigenvalue weighted by Crippen LogP contribution is -2.28. The number of halogens is 3. The van der Waals surface area contributed by atoms with E-state index in [0.29, 0.717) is 23.2 Å². The molecule has 7 rings (SSSR count). The van der Waals surface area contributed by atoms with Gasteiger partial charge in [-0.05, 0) is 41.3 Å². The van der Waals surface area contributed by atoms with Crippen LogP contribution in [0.1, 0.15) is 35.6 Å². The normalized spacial score (nSPS) is 12.2. The van der Waals surface area contributed by atoms with Gasteiger partial charge in [0.1, 0.15) is 17.4 Å². The molecule has 51 heavy (non-hydrogen) atoms. The lowest BCUT2D eigenvalue weighted by molar-refractivity contribution is -0.140. The fraction of sp³-hybridized carbons (Fsp3) is 0.171. The first-order valence-electron chi connectivity index (χ1n) is 15.6. The highest BCUT2D eigenvalue weighted by molar-refractivity contribution is 7.13. The van der Waals surface area contributed by atoms with E-state index in [1.54, 1.807) is 13.0 Å². The molecule has 0 saturated heterocycles. The summed E-state index contributed by atoms with van der Waals surface area (Å²) in [6.45, 7) is 2.14. The summed E-state index contributed by atoms with van der Waals surface area (Å²) >= 11 is 0.799. The summed E-state index contributed by atoms with van der Waals surface area (Å²) < 4.78 is 51.6. The lowest BCUT2D eigenvalue weighted by Gasteiger charge is -2.14. The number of hydrogen-bond donors (Lipinski definition) is 3. The molecule has 1 aliphatic rings. The maximum absolute atomic E-state index is 13.4. The first-order chi connectivity index (χ1) is 24.7. The van der Waals surface area contributed by atoms with Crippen molar-refractivity contribution in [3.05, 3.63) is 107 Å². The molecule has 6 aromatic rings. The number of anilines is 1. The maximum Gasteiger partial charge on any atom is 0.434 e. The average molecular weight is 713 g/mol. The van der Waals surface area contributed by atoms with Crippen molar-refractivity contribution in [3.8, 4) is 44.3 Å². The van der Waals surface area contributed by atoms with E-state index in [1.165, 1.54) is 24.7 Å². The van der Waals surface area contributed by atoms with Gasteiger partial charge in [0.15, 0.2) is 5.69 Å². The van der Waals surface area contributed by atoms with Gasteiger partial charge in [0.25, 0.3) is 0 Å². The molecular formula is C35H27F3N8O4S. The van der Waals surface area contributed by atoms with E-state index in [1.807, 2.05) is 36.4 Å². The van der Waals surface area contributed by atoms with Gasteiger partial charge in [-0.1, -0.05) is 48.5 Å². The van der Waals surface area contributed by atoms with Crippen LogP contribution in [-0.4, -0.2) is 50.4 Å². The molecule has 0 aliphatic heterocycles. The van der Waals surface area contributed by atoms with Crippen molar-refractivity contribution < 1.29 is 31.9 Å². The molecule has 3 amide bonds. The summed E-state index contributed by atoms with van der Waals surface area (Å²) in [5.74, 6) is 0.211. The predicted octanol–water partition coefficient (Wildman–Crippen LogP) is 7.52. The van der Waals surface area contributed by atoms with Gasteiger partial charge in [-0.25, -0.2) is 19.6 Å². The summed E-state index contributed by atoms with van der Waals surface area (Å²) in [6, 6.07) is 18.6. The van der Waals surface area contributed by atoms with Gasteiger partial charge in [0.05, 0.1) is 12.1 Å². The summed E-state index contributed by atoms with van der Waals surface area (Å²) in [5.41, 5.74) is 4.93. The number of nitrogens with one attached hydrogen (secondary N) is 3. The van der Waals surface area contributed by atoms with Gasteiger partial charge >= 0.3 is 18.3 Å². The largest absolute Gasteiger partial charge is 0.449 e. The molecule has 0 unspecified atom stereocenters. The second kappa shape index (κ2) is 14.0. The zero-order valence-electron chi connectivity index (χ0n) is 26.7. The van der Waals surface area contributed by atoms with Gasteiger partial charge in [-0.2, -0.15) is 13.2 Å². The number of ether oxygens (including phenoxy) is 1. The number of carbonyl (C=O) groups is 2. The van der Waals surface area contributed by atoms with Crippen LogP contribution in [0.5, 0.6) is 0 Å². The third kappa shape index (κ3) is 7.12. The molecule has 4 heterocycles. The number of alkyl halides is 3. The van der Waals surface area contributed by atoms with E-state index in [-0.39, 0.29) is 47.2 Å². The molecule has 0 radical (unpaired) electrons. The number of urea groups is 1. The fourth-order valence-electron chi connectivity index (χ4n) is 5.72. The zero-order valence-corrected chi connectivity index (χ0v) is 27.5. The van der Waals surface area contributed by atoms with Gasteiger partial charge in [-0.15, -0.1) is 21.5 Å². The van der Waals surface area contributed by atoms with Crippen LogP contribution < -0.4 is 16.0 Å². The Bertz CT molecular complexity index is 2190. The van der Waals surface area contributed by atoms with Gasteiger partial charge in [0.2, 0.25) is 11.8 Å². The number of benzene rings is 2. The van der Waals surface area contributed by atoms with E-state index in [9.17, 15) is 22.8 Å². The Morgan fingerprint density at radius 1 is 0.902 bits per heavy atom. The minimum atomic E-state index is -4.64. The number of pyridine rings is 2. The number of amides is 3. The standard InChI is InChI=1S/C35H27F3N8O4S/c1-2-40-33(47)44-29-12-25(32-43-28(18-51-32)35(36,37)38)26(15-41-29)19-11-20(14-39-13-19)31-46-45-30(50-31)16-42-34(48)49-17-27-23-9-5-3-7-21(23)22-8-4-6-10-24(22)27/h3-15,18,27H,2,16-17H2,1H3,(H,42,48)(H2,40,41,44,47). The minimum absolute atomic E-state index is 0.0588. The Kier molecular flexibility index (Phi) is 9.15. The monoisotopic (exact) mass is 712 g/mol. The molecule has 1 aliphatic carbocycles. The summed E-state index contributed by atoms with van der Waals surface area (Å²) in [5, 5.41) is 16.9. The van der Waals surface area contributed by atoms with E-state index in [4.69, 9.17) is 9.15 Å². The van der Waals surface area contributed by atoms with E-state index < -0.39 is 24.0 Å². The van der Waals surface area contributed by atoms with Crippen molar-refractivity contribution in [1.29, 1.82) is 0 Å². The first kappa shape index (κ1) is 33.3. The SMILES string of the molecule is CCNC(=O)Nc1cc(-c2nc(C(F)(F)F)cs2)c(-c2cncc(-c3nnc(CNC(=O)OCC4c5ccccc5-c5ccccc54)o3)c2)cn1. The number of fused-ring (bicyclic) bond motifs is 3. The minimum Gasteiger partial charge on any atom is -0.449 e. The summed E-state index contributed by atoms with van der Waals surface area (Å²) in [4.78, 5) is 37.1. The Labute approximate surface area is 292 Å². The average Bonchev–Trinajstić information content (AvgIpc) is 3.89. The maximum atomic E-state index is 13.4. The predicted molar refractivity (Wildman–Crippen MR) is 181 cm³/mol. The van der Waals surface area contributed by atoms with Crippen molar-refractivity contribution >= 4 is 29.3 Å². The molecule has 4 aromatic heterocycles. The molecule has 0 spiro atoms. The molecule has 0 bridgehead atoms. The van der Waals surface area contributed by atoms with Crippen LogP contribution in [0, 0.1) is 0 Å². The van der Waals surface area contributed by atoms with Crippen LogP contribution in [0.4, 0.5) is 28.6 Å². The highest BCUT2D eigenvalue weighted by atomic mass is 32.1. The Balaban J connectivity index is 1.05. The van der Waals surface area contributed by atoms with Crippen molar-refractivity contribution in [2.45, 2.75) is 25.6 Å². The Hall–Kier alpha value is -6.16. The van der Waals surface area contributed by atoms with Gasteiger partial charge < -0.3 is 19.8 Å². The number of hydrogen-bond acceptors (Lipinski definition) is 10.